The minimum Gasteiger partial charge on any atom is -0.366 e. The predicted octanol–water partition coefficient (Wildman–Crippen LogP) is 3.25. The zero-order valence-electron chi connectivity index (χ0n) is 12.4. The van der Waals surface area contributed by atoms with Crippen molar-refractivity contribution in [1.82, 2.24) is 15.1 Å². The summed E-state index contributed by atoms with van der Waals surface area (Å²) < 4.78 is 5.30. The van der Waals surface area contributed by atoms with Gasteiger partial charge in [-0.05, 0) is 30.2 Å². The van der Waals surface area contributed by atoms with E-state index in [1.165, 1.54) is 12.2 Å². The van der Waals surface area contributed by atoms with E-state index in [1.54, 1.807) is 6.20 Å². The molecule has 0 aliphatic carbocycles. The molecule has 5 nitrogen and oxygen atoms in total. The van der Waals surface area contributed by atoms with Crippen LogP contribution in [0.25, 0.3) is 11.5 Å². The normalized spacial score (nSPS) is 18.3. The molecule has 6 heteroatoms. The molecule has 1 aliphatic rings. The Bertz CT molecular complexity index is 576. The fraction of sp³-hybridized carbons (Fsp3) is 0.533. The average Bonchev–Trinajstić information content (AvgIpc) is 3.11. The summed E-state index contributed by atoms with van der Waals surface area (Å²) in [7, 11) is 0. The first-order valence-electron chi connectivity index (χ1n) is 7.34. The molecule has 21 heavy (non-hydrogen) atoms. The maximum Gasteiger partial charge on any atom is 0.259 e. The molecule has 1 fully saturated rings. The zero-order valence-corrected chi connectivity index (χ0v) is 13.2. The first-order chi connectivity index (χ1) is 10.2. The average molecular weight is 304 g/mol. The Hall–Kier alpha value is -1.56. The summed E-state index contributed by atoms with van der Waals surface area (Å²) in [5, 5.41) is 7.46. The van der Waals surface area contributed by atoms with Crippen LogP contribution in [0, 0.1) is 5.92 Å². The number of thioether (sulfide) groups is 1. The lowest BCUT2D eigenvalue weighted by atomic mass is 10.1. The van der Waals surface area contributed by atoms with Gasteiger partial charge in [0.25, 0.3) is 5.89 Å². The molecule has 2 aromatic heterocycles. The molecule has 2 aromatic rings. The van der Waals surface area contributed by atoms with Gasteiger partial charge in [0, 0.05) is 24.4 Å². The fourth-order valence-electron chi connectivity index (χ4n) is 2.28. The monoisotopic (exact) mass is 304 g/mol. The van der Waals surface area contributed by atoms with Gasteiger partial charge >= 0.3 is 0 Å². The fourth-order valence-corrected chi connectivity index (χ4v) is 3.43. The van der Waals surface area contributed by atoms with Crippen LogP contribution in [-0.4, -0.2) is 32.7 Å². The summed E-state index contributed by atoms with van der Waals surface area (Å²) in [6, 6.07) is 4.49. The number of nitrogens with one attached hydrogen (secondary N) is 1. The van der Waals surface area contributed by atoms with Crippen LogP contribution in [0.15, 0.2) is 22.9 Å². The smallest absolute Gasteiger partial charge is 0.259 e. The van der Waals surface area contributed by atoms with E-state index >= 15 is 0 Å². The molecule has 0 bridgehead atoms. The van der Waals surface area contributed by atoms with Crippen molar-refractivity contribution in [3.05, 3.63) is 24.2 Å². The molecular formula is C15H20N4OS. The van der Waals surface area contributed by atoms with Gasteiger partial charge in [-0.15, -0.1) is 0 Å². The van der Waals surface area contributed by atoms with E-state index < -0.39 is 0 Å². The van der Waals surface area contributed by atoms with Gasteiger partial charge in [-0.2, -0.15) is 16.7 Å². The highest BCUT2D eigenvalue weighted by Crippen LogP contribution is 2.22. The highest BCUT2D eigenvalue weighted by atomic mass is 32.2. The number of rotatable bonds is 5. The SMILES string of the molecule is CC(C)Cc1noc(-c2ccc(NC3CCSC3)nc2)n1. The largest absolute Gasteiger partial charge is 0.366 e. The van der Waals surface area contributed by atoms with E-state index in [0.29, 0.717) is 17.9 Å². The van der Waals surface area contributed by atoms with Gasteiger partial charge in [0.05, 0.1) is 5.56 Å². The van der Waals surface area contributed by atoms with Crippen molar-refractivity contribution >= 4 is 17.6 Å². The molecule has 0 aromatic carbocycles. The molecule has 1 aliphatic heterocycles. The van der Waals surface area contributed by atoms with E-state index in [2.05, 4.69) is 34.3 Å². The van der Waals surface area contributed by atoms with Crippen molar-refractivity contribution in [2.45, 2.75) is 32.7 Å². The van der Waals surface area contributed by atoms with Crippen molar-refractivity contribution in [1.29, 1.82) is 0 Å². The summed E-state index contributed by atoms with van der Waals surface area (Å²) >= 11 is 1.99. The predicted molar refractivity (Wildman–Crippen MR) is 85.4 cm³/mol. The van der Waals surface area contributed by atoms with E-state index in [-0.39, 0.29) is 0 Å². The van der Waals surface area contributed by atoms with Gasteiger partial charge < -0.3 is 9.84 Å². The second-order valence-electron chi connectivity index (χ2n) is 5.75. The van der Waals surface area contributed by atoms with Crippen LogP contribution in [0.3, 0.4) is 0 Å². The number of hydrogen-bond acceptors (Lipinski definition) is 6. The molecule has 3 heterocycles. The zero-order chi connectivity index (χ0) is 14.7. The van der Waals surface area contributed by atoms with Gasteiger partial charge in [0.1, 0.15) is 5.82 Å². The topological polar surface area (TPSA) is 63.8 Å². The van der Waals surface area contributed by atoms with Crippen LogP contribution in [0.5, 0.6) is 0 Å². The maximum atomic E-state index is 5.30. The molecule has 1 unspecified atom stereocenters. The van der Waals surface area contributed by atoms with Gasteiger partial charge in [-0.1, -0.05) is 19.0 Å². The minimum atomic E-state index is 0.518. The third kappa shape index (κ3) is 3.75. The third-order valence-electron chi connectivity index (χ3n) is 3.35. The molecule has 0 saturated carbocycles. The molecule has 1 atom stereocenters. The lowest BCUT2D eigenvalue weighted by Crippen LogP contribution is -2.18. The Labute approximate surface area is 128 Å². The number of aromatic nitrogens is 3. The van der Waals surface area contributed by atoms with Crippen molar-refractivity contribution in [3.63, 3.8) is 0 Å². The molecule has 0 spiro atoms. The molecule has 3 rings (SSSR count). The summed E-state index contributed by atoms with van der Waals surface area (Å²) in [5.74, 6) is 5.12. The quantitative estimate of drug-likeness (QED) is 0.915. The van der Waals surface area contributed by atoms with Gasteiger partial charge in [0.15, 0.2) is 5.82 Å². The lowest BCUT2D eigenvalue weighted by Gasteiger charge is -2.11. The molecule has 0 radical (unpaired) electrons. The lowest BCUT2D eigenvalue weighted by molar-refractivity contribution is 0.417. The summed E-state index contributed by atoms with van der Waals surface area (Å²) in [4.78, 5) is 8.85. The van der Waals surface area contributed by atoms with Crippen LogP contribution in [0.4, 0.5) is 5.82 Å². The van der Waals surface area contributed by atoms with Crippen LogP contribution in [-0.2, 0) is 6.42 Å². The summed E-state index contributed by atoms with van der Waals surface area (Å²) in [5.41, 5.74) is 0.865. The molecule has 1 N–H and O–H groups in total. The van der Waals surface area contributed by atoms with Crippen molar-refractivity contribution in [2.75, 3.05) is 16.8 Å². The van der Waals surface area contributed by atoms with Crippen molar-refractivity contribution in [2.24, 2.45) is 5.92 Å². The van der Waals surface area contributed by atoms with E-state index in [4.69, 9.17) is 4.52 Å². The Morgan fingerprint density at radius 3 is 3.00 bits per heavy atom. The van der Waals surface area contributed by atoms with Gasteiger partial charge in [0.2, 0.25) is 0 Å². The summed E-state index contributed by atoms with van der Waals surface area (Å²) in [6.07, 6.45) is 3.82. The number of anilines is 1. The Morgan fingerprint density at radius 1 is 1.43 bits per heavy atom. The minimum absolute atomic E-state index is 0.518. The van der Waals surface area contributed by atoms with Crippen LogP contribution in [0.1, 0.15) is 26.1 Å². The number of pyridine rings is 1. The summed E-state index contributed by atoms with van der Waals surface area (Å²) in [6.45, 7) is 4.28. The molecule has 112 valence electrons. The van der Waals surface area contributed by atoms with E-state index in [1.807, 2.05) is 23.9 Å². The Balaban J connectivity index is 1.67. The van der Waals surface area contributed by atoms with Crippen LogP contribution >= 0.6 is 11.8 Å². The Kier molecular flexibility index (Phi) is 4.43. The first kappa shape index (κ1) is 14.4. The van der Waals surface area contributed by atoms with Crippen LogP contribution < -0.4 is 5.32 Å². The van der Waals surface area contributed by atoms with Crippen LogP contribution in [0.2, 0.25) is 0 Å². The molecule has 1 saturated heterocycles. The van der Waals surface area contributed by atoms with E-state index in [9.17, 15) is 0 Å². The second-order valence-corrected chi connectivity index (χ2v) is 6.90. The number of nitrogens with zero attached hydrogens (tertiary/aromatic N) is 3. The first-order valence-corrected chi connectivity index (χ1v) is 8.49. The molecule has 0 amide bonds. The van der Waals surface area contributed by atoms with Crippen molar-refractivity contribution < 1.29 is 4.52 Å². The van der Waals surface area contributed by atoms with Gasteiger partial charge in [-0.3, -0.25) is 0 Å². The highest BCUT2D eigenvalue weighted by molar-refractivity contribution is 7.99. The third-order valence-corrected chi connectivity index (χ3v) is 4.51. The molecular weight excluding hydrogens is 284 g/mol. The standard InChI is InChI=1S/C15H20N4OS/c1-10(2)7-14-18-15(20-19-14)11-3-4-13(16-8-11)17-12-5-6-21-9-12/h3-4,8,10,12H,5-7,9H2,1-2H3,(H,16,17). The van der Waals surface area contributed by atoms with Gasteiger partial charge in [-0.25, -0.2) is 4.98 Å². The maximum absolute atomic E-state index is 5.30. The second kappa shape index (κ2) is 6.47. The van der Waals surface area contributed by atoms with Crippen molar-refractivity contribution in [3.8, 4) is 11.5 Å². The van der Waals surface area contributed by atoms with E-state index in [0.717, 1.165) is 29.4 Å². The number of hydrogen-bond donors (Lipinski definition) is 1. The Morgan fingerprint density at radius 2 is 2.33 bits per heavy atom. The highest BCUT2D eigenvalue weighted by Gasteiger charge is 2.16.